The molecule has 1 fully saturated rings. The number of esters is 1. The molecule has 1 aliphatic rings. The van der Waals surface area contributed by atoms with Crippen LogP contribution >= 0.6 is 0 Å². The molecule has 5 heteroatoms. The monoisotopic (exact) mass is 300 g/mol. The van der Waals surface area contributed by atoms with Crippen LogP contribution in [-0.2, 0) is 14.2 Å². The number of ether oxygens (including phenoxy) is 3. The quantitative estimate of drug-likeness (QED) is 0.881. The molecule has 1 N–H and O–H groups in total. The highest BCUT2D eigenvalue weighted by Crippen LogP contribution is 2.26. The van der Waals surface area contributed by atoms with Gasteiger partial charge in [0.15, 0.2) is 18.7 Å². The first-order valence-electron chi connectivity index (χ1n) is 7.00. The summed E-state index contributed by atoms with van der Waals surface area (Å²) in [5.41, 5.74) is 1.22. The van der Waals surface area contributed by atoms with Gasteiger partial charge >= 0.3 is 5.97 Å². The molecule has 1 saturated heterocycles. The Kier molecular flexibility index (Phi) is 4.48. The molecule has 1 aliphatic heterocycles. The van der Waals surface area contributed by atoms with Crippen molar-refractivity contribution in [2.45, 2.75) is 18.7 Å². The van der Waals surface area contributed by atoms with Crippen LogP contribution in [0.25, 0.3) is 0 Å². The van der Waals surface area contributed by atoms with Gasteiger partial charge < -0.3 is 19.3 Å². The lowest BCUT2D eigenvalue weighted by atomic mass is 10.2. The minimum Gasteiger partial charge on any atom is -0.451 e. The van der Waals surface area contributed by atoms with Crippen molar-refractivity contribution in [3.05, 3.63) is 71.8 Å². The number of carbonyl (C=O) groups is 1. The van der Waals surface area contributed by atoms with Crippen molar-refractivity contribution in [1.29, 1.82) is 0 Å². The zero-order valence-electron chi connectivity index (χ0n) is 11.8. The molecule has 0 spiro atoms. The van der Waals surface area contributed by atoms with Crippen molar-refractivity contribution < 1.29 is 24.1 Å². The molecule has 22 heavy (non-hydrogen) atoms. The highest BCUT2D eigenvalue weighted by Gasteiger charge is 2.34. The zero-order chi connectivity index (χ0) is 15.4. The van der Waals surface area contributed by atoms with E-state index in [-0.39, 0.29) is 6.61 Å². The van der Waals surface area contributed by atoms with Gasteiger partial charge in [0, 0.05) is 5.56 Å². The maximum absolute atomic E-state index is 12.0. The highest BCUT2D eigenvalue weighted by molar-refractivity contribution is 5.89. The average Bonchev–Trinajstić information content (AvgIpc) is 2.58. The fraction of sp³-hybridized carbons (Fsp3) is 0.235. The van der Waals surface area contributed by atoms with Crippen LogP contribution in [-0.4, -0.2) is 30.1 Å². The molecule has 0 radical (unpaired) electrons. The third kappa shape index (κ3) is 3.33. The number of aliphatic hydroxyl groups excluding tert-OH is 1. The van der Waals surface area contributed by atoms with Crippen molar-refractivity contribution in [3.63, 3.8) is 0 Å². The number of carbonyl (C=O) groups excluding carboxylic acids is 1. The van der Waals surface area contributed by atoms with Gasteiger partial charge in [0.1, 0.15) is 0 Å². The first-order chi connectivity index (χ1) is 10.7. The van der Waals surface area contributed by atoms with Crippen LogP contribution in [0.1, 0.15) is 22.2 Å². The Morgan fingerprint density at radius 1 is 1.05 bits per heavy atom. The summed E-state index contributed by atoms with van der Waals surface area (Å²) in [4.78, 5) is 12.0. The maximum Gasteiger partial charge on any atom is 0.338 e. The summed E-state index contributed by atoms with van der Waals surface area (Å²) in [5, 5.41) is 10.0. The van der Waals surface area contributed by atoms with Crippen LogP contribution < -0.4 is 0 Å². The second kappa shape index (κ2) is 6.70. The Bertz CT molecular complexity index is 613. The molecule has 0 aliphatic carbocycles. The molecule has 0 aromatic heterocycles. The summed E-state index contributed by atoms with van der Waals surface area (Å²) in [6, 6.07) is 17.9. The predicted molar refractivity (Wildman–Crippen MR) is 77.9 cm³/mol. The standard InChI is InChI=1S/C17H16O5/c18-15(12-7-3-1-4-8-12)21-14-11-20-17(22-16(14)19)13-9-5-2-6-10-13/h1-10,14,16-17,19H,11H2/t14-,16?,17?/m0/s1. The molecule has 114 valence electrons. The van der Waals surface area contributed by atoms with Crippen molar-refractivity contribution in [1.82, 2.24) is 0 Å². The number of benzene rings is 2. The second-order valence-electron chi connectivity index (χ2n) is 4.91. The Balaban J connectivity index is 1.60. The van der Waals surface area contributed by atoms with Gasteiger partial charge in [-0.3, -0.25) is 0 Å². The van der Waals surface area contributed by atoms with E-state index in [1.807, 2.05) is 36.4 Å². The lowest BCUT2D eigenvalue weighted by Gasteiger charge is -2.33. The number of aliphatic hydroxyl groups is 1. The highest BCUT2D eigenvalue weighted by atomic mass is 16.8. The van der Waals surface area contributed by atoms with Gasteiger partial charge in [-0.25, -0.2) is 4.79 Å². The predicted octanol–water partition coefficient (Wildman–Crippen LogP) is 2.28. The van der Waals surface area contributed by atoms with E-state index in [2.05, 4.69) is 0 Å². The van der Waals surface area contributed by atoms with E-state index in [4.69, 9.17) is 14.2 Å². The topological polar surface area (TPSA) is 65.0 Å². The molecule has 0 amide bonds. The molecule has 0 saturated carbocycles. The molecule has 3 rings (SSSR count). The Morgan fingerprint density at radius 3 is 2.32 bits per heavy atom. The summed E-state index contributed by atoms with van der Waals surface area (Å²) >= 11 is 0. The van der Waals surface area contributed by atoms with Gasteiger partial charge in [-0.05, 0) is 12.1 Å². The largest absolute Gasteiger partial charge is 0.451 e. The smallest absolute Gasteiger partial charge is 0.338 e. The Morgan fingerprint density at radius 2 is 1.68 bits per heavy atom. The molecular weight excluding hydrogens is 284 g/mol. The lowest BCUT2D eigenvalue weighted by Crippen LogP contribution is -2.43. The molecule has 3 atom stereocenters. The molecule has 0 bridgehead atoms. The fourth-order valence-electron chi connectivity index (χ4n) is 2.18. The van der Waals surface area contributed by atoms with E-state index >= 15 is 0 Å². The summed E-state index contributed by atoms with van der Waals surface area (Å²) in [5.74, 6) is -0.519. The molecule has 1 heterocycles. The Labute approximate surface area is 128 Å². The fourth-order valence-corrected chi connectivity index (χ4v) is 2.18. The van der Waals surface area contributed by atoms with E-state index in [9.17, 15) is 9.90 Å². The van der Waals surface area contributed by atoms with E-state index in [1.54, 1.807) is 24.3 Å². The number of rotatable bonds is 3. The van der Waals surface area contributed by atoms with E-state index < -0.39 is 24.7 Å². The van der Waals surface area contributed by atoms with Crippen molar-refractivity contribution >= 4 is 5.97 Å². The van der Waals surface area contributed by atoms with Gasteiger partial charge in [-0.2, -0.15) is 0 Å². The van der Waals surface area contributed by atoms with Crippen molar-refractivity contribution in [2.75, 3.05) is 6.61 Å². The van der Waals surface area contributed by atoms with Crippen molar-refractivity contribution in [2.24, 2.45) is 0 Å². The van der Waals surface area contributed by atoms with Gasteiger partial charge in [-0.1, -0.05) is 48.5 Å². The average molecular weight is 300 g/mol. The summed E-state index contributed by atoms with van der Waals surface area (Å²) < 4.78 is 16.1. The van der Waals surface area contributed by atoms with Gasteiger partial charge in [0.05, 0.1) is 12.2 Å². The van der Waals surface area contributed by atoms with Crippen LogP contribution in [0.4, 0.5) is 0 Å². The van der Waals surface area contributed by atoms with Gasteiger partial charge in [0.25, 0.3) is 0 Å². The Hall–Kier alpha value is -2.21. The summed E-state index contributed by atoms with van der Waals surface area (Å²) in [6.45, 7) is 0.0688. The lowest BCUT2D eigenvalue weighted by molar-refractivity contribution is -0.311. The van der Waals surface area contributed by atoms with Crippen LogP contribution in [0.15, 0.2) is 60.7 Å². The number of hydrogen-bond acceptors (Lipinski definition) is 5. The minimum atomic E-state index is -1.23. The molecular formula is C17H16O5. The number of hydrogen-bond donors (Lipinski definition) is 1. The van der Waals surface area contributed by atoms with Crippen molar-refractivity contribution in [3.8, 4) is 0 Å². The van der Waals surface area contributed by atoms with E-state index in [0.29, 0.717) is 5.56 Å². The van der Waals surface area contributed by atoms with E-state index in [0.717, 1.165) is 5.56 Å². The minimum absolute atomic E-state index is 0.0688. The third-order valence-corrected chi connectivity index (χ3v) is 3.33. The summed E-state index contributed by atoms with van der Waals surface area (Å²) in [7, 11) is 0. The third-order valence-electron chi connectivity index (χ3n) is 3.33. The van der Waals surface area contributed by atoms with Crippen LogP contribution in [0, 0.1) is 0 Å². The first-order valence-corrected chi connectivity index (χ1v) is 7.00. The zero-order valence-corrected chi connectivity index (χ0v) is 11.8. The van der Waals surface area contributed by atoms with Gasteiger partial charge in [-0.15, -0.1) is 0 Å². The van der Waals surface area contributed by atoms with E-state index in [1.165, 1.54) is 0 Å². The second-order valence-corrected chi connectivity index (χ2v) is 4.91. The normalized spacial score (nSPS) is 24.7. The summed E-state index contributed by atoms with van der Waals surface area (Å²) in [6.07, 6.45) is -2.75. The first kappa shape index (κ1) is 14.7. The SMILES string of the molecule is O=C(O[C@H]1COC(c2ccccc2)OC1O)c1ccccc1. The maximum atomic E-state index is 12.0. The van der Waals surface area contributed by atoms with Crippen LogP contribution in [0.2, 0.25) is 0 Å². The van der Waals surface area contributed by atoms with Crippen LogP contribution in [0.5, 0.6) is 0 Å². The molecule has 2 aromatic carbocycles. The van der Waals surface area contributed by atoms with Gasteiger partial charge in [0.2, 0.25) is 0 Å². The molecule has 5 nitrogen and oxygen atoms in total. The van der Waals surface area contributed by atoms with Crippen LogP contribution in [0.3, 0.4) is 0 Å². The molecule has 2 aromatic rings. The molecule has 2 unspecified atom stereocenters.